The van der Waals surface area contributed by atoms with Gasteiger partial charge in [-0.1, -0.05) is 30.4 Å². The maximum absolute atomic E-state index is 9.44. The predicted octanol–water partition coefficient (Wildman–Crippen LogP) is 4.02. The first-order valence-electron chi connectivity index (χ1n) is 11.2. The van der Waals surface area contributed by atoms with Crippen LogP contribution in [0.5, 0.6) is 0 Å². The van der Waals surface area contributed by atoms with Gasteiger partial charge in [0.15, 0.2) is 0 Å². The molecule has 1 atom stereocenters. The van der Waals surface area contributed by atoms with Crippen LogP contribution in [0.1, 0.15) is 55.3 Å². The molecule has 0 bridgehead atoms. The fourth-order valence-electron chi connectivity index (χ4n) is 4.45. The number of nitrogens with two attached hydrogens (primary N) is 1. The monoisotopic (exact) mass is 413 g/mol. The standard InChI is InChI=1S/C26H31N5/c1-18(28)26-23-8-7-21(20-9-12-29-13-10-20)16-24(23)25(11-14-30-26)31-22-6-4-2-3-5-19(15-22)17-27/h3,5-9,15-16,25,29-31H,2,4,10-14,28H2,1H3/b5-3+,19-15+,22-6+,26-18-. The molecule has 0 saturated carbocycles. The fraction of sp³-hybridized carbons (Fsp3) is 0.346. The van der Waals surface area contributed by atoms with Crippen molar-refractivity contribution < 1.29 is 0 Å². The van der Waals surface area contributed by atoms with E-state index in [0.717, 1.165) is 68.0 Å². The molecule has 0 amide bonds. The Kier molecular flexibility index (Phi) is 6.59. The highest BCUT2D eigenvalue weighted by atomic mass is 15.0. The summed E-state index contributed by atoms with van der Waals surface area (Å²) in [6.45, 7) is 4.72. The zero-order chi connectivity index (χ0) is 21.6. The van der Waals surface area contributed by atoms with E-state index >= 15 is 0 Å². The minimum absolute atomic E-state index is 0.132. The molecule has 0 saturated heterocycles. The Morgan fingerprint density at radius 2 is 2.13 bits per heavy atom. The Hall–Kier alpha value is -3.23. The van der Waals surface area contributed by atoms with E-state index in [9.17, 15) is 5.26 Å². The zero-order valence-corrected chi connectivity index (χ0v) is 18.2. The molecule has 0 aromatic heterocycles. The van der Waals surface area contributed by atoms with Crippen LogP contribution < -0.4 is 21.7 Å². The third kappa shape index (κ3) is 4.92. The van der Waals surface area contributed by atoms with E-state index in [-0.39, 0.29) is 6.04 Å². The van der Waals surface area contributed by atoms with Crippen molar-refractivity contribution >= 4 is 11.3 Å². The van der Waals surface area contributed by atoms with Crippen molar-refractivity contribution in [2.45, 2.75) is 38.6 Å². The summed E-state index contributed by atoms with van der Waals surface area (Å²) in [5.41, 5.74) is 14.9. The molecule has 3 aliphatic rings. The van der Waals surface area contributed by atoms with Gasteiger partial charge in [0.25, 0.3) is 0 Å². The highest BCUT2D eigenvalue weighted by molar-refractivity contribution is 5.74. The molecular formula is C26H31N5. The number of nitriles is 1. The molecule has 1 unspecified atom stereocenters. The normalized spacial score (nSPS) is 27.2. The quantitative estimate of drug-likeness (QED) is 0.601. The molecule has 2 aliphatic heterocycles. The lowest BCUT2D eigenvalue weighted by Gasteiger charge is -2.23. The largest absolute Gasteiger partial charge is 0.401 e. The molecule has 4 rings (SSSR count). The second-order valence-electron chi connectivity index (χ2n) is 8.31. The Labute approximate surface area is 185 Å². The van der Waals surface area contributed by atoms with Crippen LogP contribution in [-0.4, -0.2) is 19.6 Å². The average molecular weight is 414 g/mol. The number of hydrogen-bond donors (Lipinski definition) is 4. The molecule has 0 fully saturated rings. The van der Waals surface area contributed by atoms with Crippen LogP contribution in [0.15, 0.2) is 65.5 Å². The SMILES string of the molecule is C/C(N)=C1/NCCC(NC2=C/CC/C=C/C(C#N)=C\2)c2cc(C3=CCNCC3)ccc21. The van der Waals surface area contributed by atoms with Crippen LogP contribution in [0.4, 0.5) is 0 Å². The molecule has 31 heavy (non-hydrogen) atoms. The first-order valence-corrected chi connectivity index (χ1v) is 11.2. The molecule has 1 aromatic rings. The van der Waals surface area contributed by atoms with Crippen LogP contribution in [0.25, 0.3) is 11.3 Å². The second kappa shape index (κ2) is 9.72. The number of hydrogen-bond acceptors (Lipinski definition) is 5. The van der Waals surface area contributed by atoms with Gasteiger partial charge in [-0.15, -0.1) is 0 Å². The van der Waals surface area contributed by atoms with Crippen LogP contribution in [0.2, 0.25) is 0 Å². The molecule has 0 spiro atoms. The number of nitrogens with zero attached hydrogens (tertiary/aromatic N) is 1. The highest BCUT2D eigenvalue weighted by Gasteiger charge is 2.23. The number of allylic oxidation sites excluding steroid dienone is 6. The molecule has 1 aliphatic carbocycles. The topological polar surface area (TPSA) is 85.9 Å². The van der Waals surface area contributed by atoms with E-state index in [1.165, 1.54) is 16.7 Å². The van der Waals surface area contributed by atoms with Crippen molar-refractivity contribution in [2.75, 3.05) is 19.6 Å². The molecule has 160 valence electrons. The number of fused-ring (bicyclic) bond motifs is 1. The fourth-order valence-corrected chi connectivity index (χ4v) is 4.45. The van der Waals surface area contributed by atoms with Gasteiger partial charge < -0.3 is 21.7 Å². The van der Waals surface area contributed by atoms with E-state index < -0.39 is 0 Å². The van der Waals surface area contributed by atoms with Crippen LogP contribution in [0, 0.1) is 11.3 Å². The summed E-state index contributed by atoms with van der Waals surface area (Å²) in [4.78, 5) is 0. The number of nitrogens with one attached hydrogen (secondary N) is 3. The summed E-state index contributed by atoms with van der Waals surface area (Å²) >= 11 is 0. The smallest absolute Gasteiger partial charge is 0.0992 e. The van der Waals surface area contributed by atoms with Crippen molar-refractivity contribution in [2.24, 2.45) is 5.73 Å². The van der Waals surface area contributed by atoms with Gasteiger partial charge >= 0.3 is 0 Å². The average Bonchev–Trinajstić information content (AvgIpc) is 2.95. The van der Waals surface area contributed by atoms with Crippen molar-refractivity contribution in [3.63, 3.8) is 0 Å². The zero-order valence-electron chi connectivity index (χ0n) is 18.2. The van der Waals surface area contributed by atoms with Gasteiger partial charge in [0.05, 0.1) is 23.4 Å². The Bertz CT molecular complexity index is 1030. The van der Waals surface area contributed by atoms with Gasteiger partial charge in [0.1, 0.15) is 0 Å². The van der Waals surface area contributed by atoms with Gasteiger partial charge in [-0.2, -0.15) is 5.26 Å². The van der Waals surface area contributed by atoms with Gasteiger partial charge in [-0.3, -0.25) is 0 Å². The van der Waals surface area contributed by atoms with Crippen molar-refractivity contribution in [1.29, 1.82) is 5.26 Å². The minimum Gasteiger partial charge on any atom is -0.401 e. The Morgan fingerprint density at radius 3 is 2.90 bits per heavy atom. The van der Waals surface area contributed by atoms with Gasteiger partial charge in [0.2, 0.25) is 0 Å². The van der Waals surface area contributed by atoms with Gasteiger partial charge in [-0.05, 0) is 74.1 Å². The second-order valence-corrected chi connectivity index (χ2v) is 8.31. The summed E-state index contributed by atoms with van der Waals surface area (Å²) in [5.74, 6) is 0. The van der Waals surface area contributed by atoms with Gasteiger partial charge in [-0.25, -0.2) is 0 Å². The lowest BCUT2D eigenvalue weighted by molar-refractivity contribution is 0.558. The lowest BCUT2D eigenvalue weighted by Crippen LogP contribution is -2.23. The predicted molar refractivity (Wildman–Crippen MR) is 127 cm³/mol. The minimum atomic E-state index is 0.132. The summed E-state index contributed by atoms with van der Waals surface area (Å²) < 4.78 is 0. The first-order chi connectivity index (χ1) is 15.2. The van der Waals surface area contributed by atoms with Crippen LogP contribution in [-0.2, 0) is 0 Å². The Morgan fingerprint density at radius 1 is 1.23 bits per heavy atom. The maximum Gasteiger partial charge on any atom is 0.0992 e. The highest BCUT2D eigenvalue weighted by Crippen LogP contribution is 2.34. The molecule has 5 N–H and O–H groups in total. The first kappa shape index (κ1) is 21.0. The van der Waals surface area contributed by atoms with Crippen LogP contribution >= 0.6 is 0 Å². The molecule has 0 radical (unpaired) electrons. The van der Waals surface area contributed by atoms with E-state index in [0.29, 0.717) is 5.57 Å². The lowest BCUT2D eigenvalue weighted by atomic mass is 9.91. The molecule has 5 nitrogen and oxygen atoms in total. The summed E-state index contributed by atoms with van der Waals surface area (Å²) in [5, 5.41) is 20.1. The maximum atomic E-state index is 9.44. The number of rotatable bonds is 3. The molecular weight excluding hydrogens is 382 g/mol. The van der Waals surface area contributed by atoms with Gasteiger partial charge in [0, 0.05) is 30.0 Å². The van der Waals surface area contributed by atoms with E-state index in [1.54, 1.807) is 0 Å². The third-order valence-electron chi connectivity index (χ3n) is 6.04. The summed E-state index contributed by atoms with van der Waals surface area (Å²) in [6, 6.07) is 9.18. The summed E-state index contributed by atoms with van der Waals surface area (Å²) in [7, 11) is 0. The molecule has 2 heterocycles. The van der Waals surface area contributed by atoms with E-state index in [2.05, 4.69) is 58.4 Å². The molecule has 1 aromatic carbocycles. The van der Waals surface area contributed by atoms with Crippen molar-refractivity contribution in [1.82, 2.24) is 16.0 Å². The van der Waals surface area contributed by atoms with Crippen molar-refractivity contribution in [3.05, 3.63) is 82.2 Å². The van der Waals surface area contributed by atoms with E-state index in [1.807, 2.05) is 19.1 Å². The molecule has 5 heteroatoms. The van der Waals surface area contributed by atoms with Crippen molar-refractivity contribution in [3.8, 4) is 6.07 Å². The summed E-state index contributed by atoms with van der Waals surface area (Å²) in [6.07, 6.45) is 14.3. The van der Waals surface area contributed by atoms with Crippen LogP contribution in [0.3, 0.4) is 0 Å². The Balaban J connectivity index is 1.74. The third-order valence-corrected chi connectivity index (χ3v) is 6.04. The van der Waals surface area contributed by atoms with E-state index in [4.69, 9.17) is 5.73 Å². The number of benzene rings is 1.